The molecule has 0 spiro atoms. The Bertz CT molecular complexity index is 223. The van der Waals surface area contributed by atoms with E-state index in [0.717, 1.165) is 31.2 Å². The predicted octanol–water partition coefficient (Wildman–Crippen LogP) is 4.28. The Labute approximate surface area is 119 Å². The Morgan fingerprint density at radius 1 is 0.789 bits per heavy atom. The third kappa shape index (κ3) is 5.83. The summed E-state index contributed by atoms with van der Waals surface area (Å²) in [5.74, 6) is 0.820. The van der Waals surface area contributed by atoms with E-state index in [0.29, 0.717) is 0 Å². The highest BCUT2D eigenvalue weighted by Gasteiger charge is 2.21. The van der Waals surface area contributed by atoms with E-state index in [-0.39, 0.29) is 0 Å². The smallest absolute Gasteiger partial charge is 0.0494 e. The Hall–Kier alpha value is -0.0800. The zero-order chi connectivity index (χ0) is 13.3. The average molecular weight is 267 g/mol. The summed E-state index contributed by atoms with van der Waals surface area (Å²) in [6.07, 6.45) is 15.5. The van der Waals surface area contributed by atoms with Crippen LogP contribution in [0.3, 0.4) is 0 Å². The fourth-order valence-electron chi connectivity index (χ4n) is 3.78. The van der Waals surface area contributed by atoms with Gasteiger partial charge in [-0.2, -0.15) is 0 Å². The number of nitrogens with one attached hydrogen (secondary N) is 1. The number of rotatable bonds is 5. The molecule has 0 radical (unpaired) electrons. The molecule has 2 atom stereocenters. The topological polar surface area (TPSA) is 21.3 Å². The lowest BCUT2D eigenvalue weighted by molar-refractivity contribution is 0.104. The zero-order valence-corrected chi connectivity index (χ0v) is 12.8. The Balaban J connectivity index is 1.69. The van der Waals surface area contributed by atoms with Crippen LogP contribution in [0.1, 0.15) is 77.6 Å². The van der Waals surface area contributed by atoms with Gasteiger partial charge in [-0.1, -0.05) is 32.1 Å². The first-order chi connectivity index (χ1) is 9.38. The summed E-state index contributed by atoms with van der Waals surface area (Å²) in [5.41, 5.74) is 0. The fourth-order valence-corrected chi connectivity index (χ4v) is 3.78. The van der Waals surface area contributed by atoms with Crippen LogP contribution >= 0.6 is 0 Å². The second kappa shape index (κ2) is 8.97. The summed E-state index contributed by atoms with van der Waals surface area (Å²) >= 11 is 0. The molecular formula is C17H33NO. The lowest BCUT2D eigenvalue weighted by Gasteiger charge is -2.24. The van der Waals surface area contributed by atoms with Crippen LogP contribution in [-0.2, 0) is 4.74 Å². The van der Waals surface area contributed by atoms with Gasteiger partial charge in [0, 0.05) is 25.3 Å². The van der Waals surface area contributed by atoms with E-state index in [2.05, 4.69) is 12.2 Å². The van der Waals surface area contributed by atoms with Crippen LogP contribution in [-0.4, -0.2) is 25.3 Å². The van der Waals surface area contributed by atoms with E-state index in [1.165, 1.54) is 70.6 Å². The van der Waals surface area contributed by atoms with Gasteiger partial charge in [0.25, 0.3) is 0 Å². The van der Waals surface area contributed by atoms with Crippen LogP contribution in [0.2, 0.25) is 0 Å². The van der Waals surface area contributed by atoms with Gasteiger partial charge >= 0.3 is 0 Å². The maximum absolute atomic E-state index is 5.61. The highest BCUT2D eigenvalue weighted by Crippen LogP contribution is 2.25. The number of hydrogen-bond donors (Lipinski definition) is 1. The molecule has 0 amide bonds. The third-order valence-corrected chi connectivity index (χ3v) is 4.97. The predicted molar refractivity (Wildman–Crippen MR) is 81.5 cm³/mol. The molecule has 0 aromatic rings. The van der Waals surface area contributed by atoms with Gasteiger partial charge in [-0.05, 0) is 51.4 Å². The Morgan fingerprint density at radius 3 is 2.21 bits per heavy atom. The molecule has 2 rings (SSSR count). The van der Waals surface area contributed by atoms with Crippen molar-refractivity contribution in [3.63, 3.8) is 0 Å². The van der Waals surface area contributed by atoms with Crippen molar-refractivity contribution in [2.75, 3.05) is 13.2 Å². The van der Waals surface area contributed by atoms with Gasteiger partial charge in [-0.15, -0.1) is 0 Å². The highest BCUT2D eigenvalue weighted by molar-refractivity contribution is 4.80. The minimum atomic E-state index is 0.787. The molecule has 2 aliphatic rings. The molecule has 0 unspecified atom stereocenters. The standard InChI is InChI=1S/C17H33NO/c1-2-19-14-15-8-7-11-17(13-12-15)18-16-9-5-3-4-6-10-16/h15-18H,2-14H2,1H3/t15-,17-/m0/s1. The Morgan fingerprint density at radius 2 is 1.47 bits per heavy atom. The van der Waals surface area contributed by atoms with E-state index in [1.54, 1.807) is 0 Å². The van der Waals surface area contributed by atoms with Crippen molar-refractivity contribution >= 4 is 0 Å². The van der Waals surface area contributed by atoms with Gasteiger partial charge < -0.3 is 10.1 Å². The molecule has 0 aromatic heterocycles. The second-order valence-corrected chi connectivity index (χ2v) is 6.59. The lowest BCUT2D eigenvalue weighted by Crippen LogP contribution is -2.37. The van der Waals surface area contributed by atoms with Crippen molar-refractivity contribution in [1.82, 2.24) is 5.32 Å². The molecule has 0 heterocycles. The molecule has 0 saturated heterocycles. The van der Waals surface area contributed by atoms with Crippen molar-refractivity contribution in [3.05, 3.63) is 0 Å². The minimum Gasteiger partial charge on any atom is -0.381 e. The molecule has 0 aromatic carbocycles. The van der Waals surface area contributed by atoms with Crippen LogP contribution in [0.25, 0.3) is 0 Å². The first kappa shape index (κ1) is 15.3. The monoisotopic (exact) mass is 267 g/mol. The van der Waals surface area contributed by atoms with Crippen LogP contribution in [0.5, 0.6) is 0 Å². The van der Waals surface area contributed by atoms with Gasteiger partial charge in [-0.25, -0.2) is 0 Å². The fraction of sp³-hybridized carbons (Fsp3) is 1.00. The summed E-state index contributed by atoms with van der Waals surface area (Å²) in [6.45, 7) is 3.97. The molecule has 2 saturated carbocycles. The molecule has 2 aliphatic carbocycles. The first-order valence-electron chi connectivity index (χ1n) is 8.72. The molecule has 19 heavy (non-hydrogen) atoms. The number of ether oxygens (including phenoxy) is 1. The summed E-state index contributed by atoms with van der Waals surface area (Å²) < 4.78 is 5.61. The Kier molecular flexibility index (Phi) is 7.23. The van der Waals surface area contributed by atoms with E-state index >= 15 is 0 Å². The summed E-state index contributed by atoms with van der Waals surface area (Å²) in [5, 5.41) is 3.97. The van der Waals surface area contributed by atoms with E-state index in [4.69, 9.17) is 4.74 Å². The SMILES string of the molecule is CCOC[C@H]1CCC[C@H](NC2CCCCCC2)CC1. The van der Waals surface area contributed by atoms with Gasteiger partial charge in [0.15, 0.2) is 0 Å². The van der Waals surface area contributed by atoms with Crippen LogP contribution in [0.4, 0.5) is 0 Å². The van der Waals surface area contributed by atoms with Crippen molar-refractivity contribution in [1.29, 1.82) is 0 Å². The summed E-state index contributed by atoms with van der Waals surface area (Å²) in [4.78, 5) is 0. The minimum absolute atomic E-state index is 0.787. The molecule has 2 nitrogen and oxygen atoms in total. The molecule has 2 fully saturated rings. The molecule has 0 bridgehead atoms. The third-order valence-electron chi connectivity index (χ3n) is 4.97. The van der Waals surface area contributed by atoms with Crippen molar-refractivity contribution < 1.29 is 4.74 Å². The van der Waals surface area contributed by atoms with Crippen molar-refractivity contribution in [2.45, 2.75) is 89.6 Å². The van der Waals surface area contributed by atoms with Gasteiger partial charge in [0.05, 0.1) is 0 Å². The first-order valence-corrected chi connectivity index (χ1v) is 8.72. The van der Waals surface area contributed by atoms with Crippen LogP contribution in [0, 0.1) is 5.92 Å². The quantitative estimate of drug-likeness (QED) is 0.751. The summed E-state index contributed by atoms with van der Waals surface area (Å²) in [6, 6.07) is 1.60. The van der Waals surface area contributed by atoms with Crippen LogP contribution in [0.15, 0.2) is 0 Å². The van der Waals surface area contributed by atoms with Gasteiger partial charge in [0.1, 0.15) is 0 Å². The molecule has 112 valence electrons. The normalized spacial score (nSPS) is 30.8. The molecule has 2 heteroatoms. The van der Waals surface area contributed by atoms with E-state index < -0.39 is 0 Å². The van der Waals surface area contributed by atoms with Crippen molar-refractivity contribution in [2.24, 2.45) is 5.92 Å². The van der Waals surface area contributed by atoms with Crippen LogP contribution < -0.4 is 5.32 Å². The van der Waals surface area contributed by atoms with Gasteiger partial charge in [-0.3, -0.25) is 0 Å². The van der Waals surface area contributed by atoms with Crippen molar-refractivity contribution in [3.8, 4) is 0 Å². The summed E-state index contributed by atoms with van der Waals surface area (Å²) in [7, 11) is 0. The maximum Gasteiger partial charge on any atom is 0.0494 e. The molecule has 1 N–H and O–H groups in total. The zero-order valence-electron chi connectivity index (χ0n) is 12.8. The molecular weight excluding hydrogens is 234 g/mol. The average Bonchev–Trinajstić information content (AvgIpc) is 2.80. The lowest BCUT2D eigenvalue weighted by atomic mass is 10.0. The highest BCUT2D eigenvalue weighted by atomic mass is 16.5. The second-order valence-electron chi connectivity index (χ2n) is 6.59. The number of hydrogen-bond acceptors (Lipinski definition) is 2. The van der Waals surface area contributed by atoms with E-state index in [9.17, 15) is 0 Å². The van der Waals surface area contributed by atoms with E-state index in [1.807, 2.05) is 0 Å². The largest absolute Gasteiger partial charge is 0.381 e. The maximum atomic E-state index is 5.61. The molecule has 0 aliphatic heterocycles. The van der Waals surface area contributed by atoms with Gasteiger partial charge in [0.2, 0.25) is 0 Å².